The molecule has 0 saturated heterocycles. The van der Waals surface area contributed by atoms with Crippen molar-refractivity contribution in [2.45, 2.75) is 25.4 Å². The van der Waals surface area contributed by atoms with E-state index in [2.05, 4.69) is 40.0 Å². The maximum absolute atomic E-state index is 12.6. The van der Waals surface area contributed by atoms with Gasteiger partial charge in [-0.15, -0.1) is 0 Å². The minimum Gasteiger partial charge on any atom is -0.380 e. The number of aryl methyl sites for hydroxylation is 2. The summed E-state index contributed by atoms with van der Waals surface area (Å²) in [6.45, 7) is 1.44. The van der Waals surface area contributed by atoms with Gasteiger partial charge in [0.05, 0.1) is 11.7 Å². The second-order valence-corrected chi connectivity index (χ2v) is 6.63. The predicted molar refractivity (Wildman–Crippen MR) is 102 cm³/mol. The number of benzene rings is 2. The fourth-order valence-corrected chi connectivity index (χ4v) is 3.28. The molecule has 0 aliphatic carbocycles. The smallest absolute Gasteiger partial charge is 0.274 e. The average Bonchev–Trinajstić information content (AvgIpc) is 3.03. The fourth-order valence-electron chi connectivity index (χ4n) is 3.28. The molecular formula is C21H22N4O. The van der Waals surface area contributed by atoms with Crippen LogP contribution in [0.3, 0.4) is 0 Å². The van der Waals surface area contributed by atoms with Crippen LogP contribution in [0.2, 0.25) is 0 Å². The number of anilines is 1. The third kappa shape index (κ3) is 3.77. The molecule has 2 N–H and O–H groups in total. The summed E-state index contributed by atoms with van der Waals surface area (Å²) in [4.78, 5) is 12.6. The number of amides is 1. The highest BCUT2D eigenvalue weighted by Crippen LogP contribution is 2.18. The first-order chi connectivity index (χ1) is 12.8. The standard InChI is InChI=1S/C21H22N4O/c26-21-20-19(15-25(24-20)12-11-16-7-3-1-4-8-16)22-14-18(23-21)13-17-9-5-2-6-10-17/h1-10,15,18,22H,11-14H2,(H,23,26)/t18-/m1/s1. The van der Waals surface area contributed by atoms with Crippen LogP contribution in [0.1, 0.15) is 21.6 Å². The zero-order valence-electron chi connectivity index (χ0n) is 14.6. The molecule has 0 radical (unpaired) electrons. The molecule has 5 heteroatoms. The summed E-state index contributed by atoms with van der Waals surface area (Å²) in [7, 11) is 0. The monoisotopic (exact) mass is 346 g/mol. The van der Waals surface area contributed by atoms with E-state index in [1.54, 1.807) is 0 Å². The van der Waals surface area contributed by atoms with Crippen molar-refractivity contribution < 1.29 is 4.79 Å². The second kappa shape index (κ2) is 7.44. The van der Waals surface area contributed by atoms with E-state index >= 15 is 0 Å². The van der Waals surface area contributed by atoms with E-state index in [0.29, 0.717) is 12.2 Å². The van der Waals surface area contributed by atoms with Crippen LogP contribution in [0, 0.1) is 0 Å². The van der Waals surface area contributed by atoms with Crippen LogP contribution in [0.5, 0.6) is 0 Å². The third-order valence-electron chi connectivity index (χ3n) is 4.65. The molecule has 1 aromatic heterocycles. The van der Waals surface area contributed by atoms with Gasteiger partial charge in [-0.05, 0) is 24.0 Å². The number of rotatable bonds is 5. The summed E-state index contributed by atoms with van der Waals surface area (Å²) < 4.78 is 1.85. The lowest BCUT2D eigenvalue weighted by molar-refractivity contribution is 0.0936. The molecule has 5 nitrogen and oxygen atoms in total. The van der Waals surface area contributed by atoms with Crippen LogP contribution in [0.25, 0.3) is 0 Å². The van der Waals surface area contributed by atoms with Crippen molar-refractivity contribution in [2.24, 2.45) is 0 Å². The van der Waals surface area contributed by atoms with Crippen LogP contribution < -0.4 is 10.6 Å². The Kier molecular flexibility index (Phi) is 4.69. The first kappa shape index (κ1) is 16.4. The molecule has 0 spiro atoms. The highest BCUT2D eigenvalue weighted by molar-refractivity contribution is 5.98. The van der Waals surface area contributed by atoms with Crippen molar-refractivity contribution >= 4 is 11.6 Å². The molecule has 1 amide bonds. The highest BCUT2D eigenvalue weighted by atomic mass is 16.2. The van der Waals surface area contributed by atoms with Gasteiger partial charge >= 0.3 is 0 Å². The molecule has 2 aromatic carbocycles. The van der Waals surface area contributed by atoms with E-state index in [1.807, 2.05) is 47.3 Å². The number of fused-ring (bicyclic) bond motifs is 1. The van der Waals surface area contributed by atoms with Gasteiger partial charge in [-0.25, -0.2) is 0 Å². The Bertz CT molecular complexity index is 874. The Balaban J connectivity index is 1.41. The van der Waals surface area contributed by atoms with E-state index < -0.39 is 0 Å². The van der Waals surface area contributed by atoms with Crippen molar-refractivity contribution in [3.8, 4) is 0 Å². The van der Waals surface area contributed by atoms with Gasteiger partial charge in [-0.3, -0.25) is 9.48 Å². The summed E-state index contributed by atoms with van der Waals surface area (Å²) in [6.07, 6.45) is 3.63. The summed E-state index contributed by atoms with van der Waals surface area (Å²) in [5.74, 6) is -0.107. The number of carbonyl (C=O) groups excluding carboxylic acids is 1. The quantitative estimate of drug-likeness (QED) is 0.747. The zero-order valence-corrected chi connectivity index (χ0v) is 14.6. The SMILES string of the molecule is O=C1N[C@H](Cc2ccccc2)CNc2cn(CCc3ccccc3)nc21. The Morgan fingerprint density at radius 3 is 2.42 bits per heavy atom. The molecule has 0 bridgehead atoms. The molecular weight excluding hydrogens is 324 g/mol. The summed E-state index contributed by atoms with van der Waals surface area (Å²) in [5.41, 5.74) is 3.77. The molecule has 4 rings (SSSR count). The first-order valence-electron chi connectivity index (χ1n) is 8.98. The van der Waals surface area contributed by atoms with E-state index in [-0.39, 0.29) is 11.9 Å². The van der Waals surface area contributed by atoms with Crippen LogP contribution in [-0.2, 0) is 19.4 Å². The van der Waals surface area contributed by atoms with Gasteiger partial charge in [0.2, 0.25) is 0 Å². The van der Waals surface area contributed by atoms with E-state index in [1.165, 1.54) is 11.1 Å². The van der Waals surface area contributed by atoms with Gasteiger partial charge < -0.3 is 10.6 Å². The van der Waals surface area contributed by atoms with Gasteiger partial charge in [-0.2, -0.15) is 5.10 Å². The van der Waals surface area contributed by atoms with Gasteiger partial charge in [0.1, 0.15) is 0 Å². The van der Waals surface area contributed by atoms with E-state index in [9.17, 15) is 4.79 Å². The van der Waals surface area contributed by atoms with Gasteiger partial charge in [0.15, 0.2) is 5.69 Å². The van der Waals surface area contributed by atoms with Crippen LogP contribution >= 0.6 is 0 Å². The number of hydrogen-bond acceptors (Lipinski definition) is 3. The summed E-state index contributed by atoms with van der Waals surface area (Å²) in [6, 6.07) is 20.6. The number of nitrogens with zero attached hydrogens (tertiary/aromatic N) is 2. The normalized spacial score (nSPS) is 16.3. The van der Waals surface area contributed by atoms with E-state index in [4.69, 9.17) is 0 Å². The van der Waals surface area contributed by atoms with Gasteiger partial charge in [0, 0.05) is 19.3 Å². The minimum absolute atomic E-state index is 0.0527. The Hall–Kier alpha value is -3.08. The molecule has 0 fully saturated rings. The summed E-state index contributed by atoms with van der Waals surface area (Å²) in [5, 5.41) is 11.0. The molecule has 0 unspecified atom stereocenters. The third-order valence-corrected chi connectivity index (χ3v) is 4.65. The van der Waals surface area contributed by atoms with Gasteiger partial charge in [-0.1, -0.05) is 60.7 Å². The van der Waals surface area contributed by atoms with Crippen molar-refractivity contribution in [1.29, 1.82) is 0 Å². The zero-order chi connectivity index (χ0) is 17.8. The predicted octanol–water partition coefficient (Wildman–Crippen LogP) is 2.89. The number of carbonyl (C=O) groups is 1. The fraction of sp³-hybridized carbons (Fsp3) is 0.238. The molecule has 132 valence electrons. The largest absolute Gasteiger partial charge is 0.380 e. The van der Waals surface area contributed by atoms with Crippen LogP contribution in [-0.4, -0.2) is 28.3 Å². The number of nitrogens with one attached hydrogen (secondary N) is 2. The molecule has 1 atom stereocenters. The second-order valence-electron chi connectivity index (χ2n) is 6.63. The number of hydrogen-bond donors (Lipinski definition) is 2. The molecule has 26 heavy (non-hydrogen) atoms. The number of aromatic nitrogens is 2. The van der Waals surface area contributed by atoms with Crippen molar-refractivity contribution in [2.75, 3.05) is 11.9 Å². The molecule has 1 aliphatic rings. The van der Waals surface area contributed by atoms with Crippen molar-refractivity contribution in [3.63, 3.8) is 0 Å². The van der Waals surface area contributed by atoms with E-state index in [0.717, 1.165) is 25.1 Å². The lowest BCUT2D eigenvalue weighted by Crippen LogP contribution is -2.39. The van der Waals surface area contributed by atoms with Crippen molar-refractivity contribution in [3.05, 3.63) is 83.7 Å². The lowest BCUT2D eigenvalue weighted by Gasteiger charge is -2.16. The average molecular weight is 346 g/mol. The maximum Gasteiger partial charge on any atom is 0.274 e. The molecule has 2 heterocycles. The Morgan fingerprint density at radius 1 is 1.00 bits per heavy atom. The Labute approximate surface area is 153 Å². The topological polar surface area (TPSA) is 59.0 Å². The molecule has 1 aliphatic heterocycles. The minimum atomic E-state index is -0.107. The Morgan fingerprint density at radius 2 is 1.69 bits per heavy atom. The maximum atomic E-state index is 12.6. The van der Waals surface area contributed by atoms with Gasteiger partial charge in [0.25, 0.3) is 5.91 Å². The first-order valence-corrected chi connectivity index (χ1v) is 8.98. The highest BCUT2D eigenvalue weighted by Gasteiger charge is 2.24. The summed E-state index contributed by atoms with van der Waals surface area (Å²) >= 11 is 0. The molecule has 0 saturated carbocycles. The van der Waals surface area contributed by atoms with Crippen LogP contribution in [0.15, 0.2) is 66.9 Å². The molecule has 3 aromatic rings. The van der Waals surface area contributed by atoms with Crippen molar-refractivity contribution in [1.82, 2.24) is 15.1 Å². The lowest BCUT2D eigenvalue weighted by atomic mass is 10.1. The van der Waals surface area contributed by atoms with Crippen LogP contribution in [0.4, 0.5) is 5.69 Å².